The molecule has 3 N–H and O–H groups in total. The number of hydrogen-bond acceptors (Lipinski definition) is 4. The highest BCUT2D eigenvalue weighted by Gasteiger charge is 2.23. The molecule has 2 heterocycles. The number of aromatic nitrogens is 1. The minimum Gasteiger partial charge on any atom is -0.497 e. The first-order valence-electron chi connectivity index (χ1n) is 9.58. The van der Waals surface area contributed by atoms with Gasteiger partial charge in [0.15, 0.2) is 5.96 Å². The number of aliphatic imine (C=N–C) groups is 1. The van der Waals surface area contributed by atoms with E-state index in [1.54, 1.807) is 7.11 Å². The summed E-state index contributed by atoms with van der Waals surface area (Å²) in [6.07, 6.45) is 5.12. The van der Waals surface area contributed by atoms with Gasteiger partial charge in [-0.2, -0.15) is 0 Å². The van der Waals surface area contributed by atoms with Crippen molar-refractivity contribution in [2.24, 2.45) is 10.7 Å². The number of nitrogens with one attached hydrogen (secondary N) is 1. The molecule has 3 rings (SSSR count). The van der Waals surface area contributed by atoms with Gasteiger partial charge in [0.25, 0.3) is 0 Å². The Bertz CT molecular complexity index is 711. The van der Waals surface area contributed by atoms with E-state index in [0.29, 0.717) is 12.5 Å². The van der Waals surface area contributed by atoms with Gasteiger partial charge >= 0.3 is 0 Å². The van der Waals surface area contributed by atoms with Crippen molar-refractivity contribution in [3.05, 3.63) is 59.9 Å². The summed E-state index contributed by atoms with van der Waals surface area (Å²) in [5, 5.41) is 3.20. The van der Waals surface area contributed by atoms with Gasteiger partial charge in [0.2, 0.25) is 0 Å². The normalized spacial score (nSPS) is 16.3. The van der Waals surface area contributed by atoms with E-state index in [1.807, 2.05) is 36.5 Å². The van der Waals surface area contributed by atoms with E-state index in [4.69, 9.17) is 10.5 Å². The molecule has 0 aliphatic carbocycles. The topological polar surface area (TPSA) is 75.8 Å². The van der Waals surface area contributed by atoms with Crippen LogP contribution in [0.4, 0.5) is 0 Å². The van der Waals surface area contributed by atoms with Gasteiger partial charge in [0, 0.05) is 24.9 Å². The number of methoxy groups -OCH3 is 1. The van der Waals surface area contributed by atoms with Gasteiger partial charge in [-0.05, 0) is 55.8 Å². The van der Waals surface area contributed by atoms with Crippen molar-refractivity contribution in [1.82, 2.24) is 15.2 Å². The number of likely N-dealkylation sites (tertiary alicyclic amines) is 1. The molecule has 6 heteroatoms. The molecule has 1 fully saturated rings. The summed E-state index contributed by atoms with van der Waals surface area (Å²) < 4.78 is 5.28. The average molecular weight is 367 g/mol. The molecule has 0 amide bonds. The largest absolute Gasteiger partial charge is 0.497 e. The highest BCUT2D eigenvalue weighted by atomic mass is 16.5. The second-order valence-corrected chi connectivity index (χ2v) is 6.76. The van der Waals surface area contributed by atoms with E-state index in [9.17, 15) is 0 Å². The molecule has 1 aromatic heterocycles. The van der Waals surface area contributed by atoms with E-state index in [2.05, 4.69) is 32.3 Å². The van der Waals surface area contributed by atoms with Crippen LogP contribution in [0.3, 0.4) is 0 Å². The third-order valence-corrected chi connectivity index (χ3v) is 4.93. The quantitative estimate of drug-likeness (QED) is 0.553. The zero-order valence-corrected chi connectivity index (χ0v) is 16.0. The van der Waals surface area contributed by atoms with Crippen molar-refractivity contribution in [2.75, 3.05) is 33.3 Å². The van der Waals surface area contributed by atoms with Crippen LogP contribution >= 0.6 is 0 Å². The molecule has 0 radical (unpaired) electrons. The summed E-state index contributed by atoms with van der Waals surface area (Å²) in [5.74, 6) is 1.36. The number of benzene rings is 1. The number of hydrogen-bond donors (Lipinski definition) is 2. The maximum Gasteiger partial charge on any atom is 0.188 e. The van der Waals surface area contributed by atoms with Gasteiger partial charge in [-0.3, -0.25) is 14.9 Å². The number of guanidine groups is 1. The second-order valence-electron chi connectivity index (χ2n) is 6.76. The van der Waals surface area contributed by atoms with E-state index >= 15 is 0 Å². The van der Waals surface area contributed by atoms with Gasteiger partial charge in [-0.15, -0.1) is 0 Å². The lowest BCUT2D eigenvalue weighted by atomic mass is 10.1. The fourth-order valence-electron chi connectivity index (χ4n) is 3.42. The number of pyridine rings is 1. The Morgan fingerprint density at radius 2 is 2.00 bits per heavy atom. The summed E-state index contributed by atoms with van der Waals surface area (Å²) in [5.41, 5.74) is 8.39. The Balaban J connectivity index is 1.58. The first-order valence-corrected chi connectivity index (χ1v) is 9.58. The molecule has 1 aliphatic rings. The van der Waals surface area contributed by atoms with Crippen molar-refractivity contribution >= 4 is 5.96 Å². The molecule has 6 nitrogen and oxygen atoms in total. The van der Waals surface area contributed by atoms with E-state index < -0.39 is 0 Å². The monoisotopic (exact) mass is 367 g/mol. The number of ether oxygens (including phenoxy) is 1. The lowest BCUT2D eigenvalue weighted by molar-refractivity contribution is 0.251. The van der Waals surface area contributed by atoms with Crippen LogP contribution in [0.5, 0.6) is 5.75 Å². The molecule has 1 saturated heterocycles. The highest BCUT2D eigenvalue weighted by molar-refractivity contribution is 5.77. The molecule has 1 atom stereocenters. The Labute approximate surface area is 161 Å². The minimum absolute atomic E-state index is 0.245. The summed E-state index contributed by atoms with van der Waals surface area (Å²) in [6, 6.07) is 14.5. The molecule has 0 bridgehead atoms. The van der Waals surface area contributed by atoms with E-state index in [0.717, 1.165) is 37.5 Å². The Morgan fingerprint density at radius 1 is 1.22 bits per heavy atom. The SMILES string of the molecule is COc1ccc(C(CN=C(N)NCCc2ccccn2)N2CCCC2)cc1. The zero-order chi connectivity index (χ0) is 18.9. The molecule has 144 valence electrons. The minimum atomic E-state index is 0.245. The summed E-state index contributed by atoms with van der Waals surface area (Å²) >= 11 is 0. The third kappa shape index (κ3) is 5.69. The molecule has 2 aromatic rings. The second kappa shape index (κ2) is 9.92. The first-order chi connectivity index (χ1) is 13.3. The Kier molecular flexibility index (Phi) is 7.04. The standard InChI is InChI=1S/C21H29N5O/c1-27-19-9-7-17(8-10-19)20(26-14-4-5-15-26)16-25-21(22)24-13-11-18-6-2-3-12-23-18/h2-3,6-10,12,20H,4-5,11,13-16H2,1H3,(H3,22,24,25). The predicted molar refractivity (Wildman–Crippen MR) is 109 cm³/mol. The van der Waals surface area contributed by atoms with Crippen molar-refractivity contribution in [3.8, 4) is 5.75 Å². The van der Waals surface area contributed by atoms with Crippen molar-refractivity contribution in [1.29, 1.82) is 0 Å². The number of nitrogens with zero attached hydrogens (tertiary/aromatic N) is 3. The van der Waals surface area contributed by atoms with E-state index in [-0.39, 0.29) is 6.04 Å². The molecule has 0 spiro atoms. The number of rotatable bonds is 8. The number of nitrogens with two attached hydrogens (primary N) is 1. The summed E-state index contributed by atoms with van der Waals surface area (Å²) in [7, 11) is 1.69. The molecule has 27 heavy (non-hydrogen) atoms. The maximum atomic E-state index is 6.09. The highest BCUT2D eigenvalue weighted by Crippen LogP contribution is 2.26. The van der Waals surface area contributed by atoms with Gasteiger partial charge in [-0.25, -0.2) is 0 Å². The Morgan fingerprint density at radius 3 is 2.67 bits per heavy atom. The molecule has 0 saturated carbocycles. The fourth-order valence-corrected chi connectivity index (χ4v) is 3.42. The van der Waals surface area contributed by atoms with Crippen molar-refractivity contribution in [2.45, 2.75) is 25.3 Å². The third-order valence-electron chi connectivity index (χ3n) is 4.93. The van der Waals surface area contributed by atoms with Crippen LogP contribution < -0.4 is 15.8 Å². The lowest BCUT2D eigenvalue weighted by Crippen LogP contribution is -2.35. The van der Waals surface area contributed by atoms with Crippen LogP contribution in [0.1, 0.15) is 30.1 Å². The zero-order valence-electron chi connectivity index (χ0n) is 16.0. The van der Waals surface area contributed by atoms with Gasteiger partial charge < -0.3 is 15.8 Å². The summed E-state index contributed by atoms with van der Waals surface area (Å²) in [4.78, 5) is 11.4. The van der Waals surface area contributed by atoms with Gasteiger partial charge in [0.1, 0.15) is 5.75 Å². The fraction of sp³-hybridized carbons (Fsp3) is 0.429. The smallest absolute Gasteiger partial charge is 0.188 e. The van der Waals surface area contributed by atoms with E-state index in [1.165, 1.54) is 18.4 Å². The molecular weight excluding hydrogens is 338 g/mol. The van der Waals surface area contributed by atoms with Gasteiger partial charge in [0.05, 0.1) is 19.7 Å². The molecule has 1 aromatic carbocycles. The molecular formula is C21H29N5O. The average Bonchev–Trinajstić information content (AvgIpc) is 3.24. The first kappa shape index (κ1) is 19.2. The Hall–Kier alpha value is -2.60. The van der Waals surface area contributed by atoms with Crippen LogP contribution in [0.15, 0.2) is 53.7 Å². The predicted octanol–water partition coefficient (Wildman–Crippen LogP) is 2.37. The molecule has 1 unspecified atom stereocenters. The lowest BCUT2D eigenvalue weighted by Gasteiger charge is -2.27. The van der Waals surface area contributed by atoms with Crippen LogP contribution in [0.2, 0.25) is 0 Å². The maximum absolute atomic E-state index is 6.09. The van der Waals surface area contributed by atoms with Crippen molar-refractivity contribution < 1.29 is 4.74 Å². The van der Waals surface area contributed by atoms with Gasteiger partial charge in [-0.1, -0.05) is 18.2 Å². The van der Waals surface area contributed by atoms with Crippen LogP contribution in [0, 0.1) is 0 Å². The summed E-state index contributed by atoms with van der Waals surface area (Å²) in [6.45, 7) is 3.59. The van der Waals surface area contributed by atoms with Crippen LogP contribution in [-0.2, 0) is 6.42 Å². The van der Waals surface area contributed by atoms with Crippen LogP contribution in [0.25, 0.3) is 0 Å². The molecule has 1 aliphatic heterocycles. The van der Waals surface area contributed by atoms with Crippen molar-refractivity contribution in [3.63, 3.8) is 0 Å². The van der Waals surface area contributed by atoms with Crippen LogP contribution in [-0.4, -0.2) is 49.1 Å².